The van der Waals surface area contributed by atoms with Crippen LogP contribution in [0.3, 0.4) is 0 Å². The molecule has 0 aliphatic heterocycles. The van der Waals surface area contributed by atoms with E-state index in [4.69, 9.17) is 0 Å². The number of esters is 1. The van der Waals surface area contributed by atoms with Gasteiger partial charge in [0.25, 0.3) is 0 Å². The third kappa shape index (κ3) is 3.90. The lowest BCUT2D eigenvalue weighted by Gasteiger charge is -2.24. The monoisotopic (exact) mass is 213 g/mol. The fourth-order valence-corrected chi connectivity index (χ4v) is 2.21. The molecule has 1 N–H and O–H groups in total. The van der Waals surface area contributed by atoms with Crippen LogP contribution in [-0.4, -0.2) is 25.5 Å². The quantitative estimate of drug-likeness (QED) is 0.552. The molecule has 4 nitrogen and oxygen atoms in total. The summed E-state index contributed by atoms with van der Waals surface area (Å²) in [6.45, 7) is 0. The Morgan fingerprint density at radius 3 is 2.67 bits per heavy atom. The minimum Gasteiger partial charge on any atom is -0.467 e. The summed E-state index contributed by atoms with van der Waals surface area (Å²) in [5.41, 5.74) is 0. The summed E-state index contributed by atoms with van der Waals surface area (Å²) in [6.07, 6.45) is 7.37. The highest BCUT2D eigenvalue weighted by Crippen LogP contribution is 2.27. The van der Waals surface area contributed by atoms with Crippen LogP contribution >= 0.6 is 0 Å². The highest BCUT2D eigenvalue weighted by atomic mass is 16.5. The maximum atomic E-state index is 11.3. The summed E-state index contributed by atoms with van der Waals surface area (Å²) < 4.78 is 4.65. The second kappa shape index (κ2) is 6.43. The average molecular weight is 213 g/mol. The van der Waals surface area contributed by atoms with Crippen LogP contribution in [0.15, 0.2) is 0 Å². The molecule has 1 atom stereocenters. The first-order chi connectivity index (χ1) is 7.27. The predicted octanol–water partition coefficient (Wildman–Crippen LogP) is 1.24. The summed E-state index contributed by atoms with van der Waals surface area (Å²) >= 11 is 0. The van der Waals surface area contributed by atoms with E-state index < -0.39 is 6.04 Å². The van der Waals surface area contributed by atoms with Crippen molar-refractivity contribution in [2.45, 2.75) is 44.6 Å². The van der Waals surface area contributed by atoms with Gasteiger partial charge in [0.05, 0.1) is 7.11 Å². The first-order valence-electron chi connectivity index (χ1n) is 5.55. The molecule has 1 amide bonds. The van der Waals surface area contributed by atoms with Crippen molar-refractivity contribution in [1.82, 2.24) is 5.32 Å². The van der Waals surface area contributed by atoms with Crippen molar-refractivity contribution < 1.29 is 14.3 Å². The van der Waals surface area contributed by atoms with Gasteiger partial charge in [0.1, 0.15) is 6.04 Å². The normalized spacial score (nSPS) is 19.3. The molecule has 4 heteroatoms. The van der Waals surface area contributed by atoms with Gasteiger partial charge in [0.15, 0.2) is 0 Å². The van der Waals surface area contributed by atoms with Crippen LogP contribution in [0.4, 0.5) is 0 Å². The summed E-state index contributed by atoms with van der Waals surface area (Å²) in [4.78, 5) is 21.7. The number of hydrogen-bond acceptors (Lipinski definition) is 3. The molecule has 0 aromatic carbocycles. The number of amides is 1. The standard InChI is InChI=1S/C11H19NO3/c1-15-11(14)10(12-8-13)7-9-5-3-2-4-6-9/h8-10H,2-7H2,1H3,(H,12,13). The predicted molar refractivity (Wildman–Crippen MR) is 56.2 cm³/mol. The minimum atomic E-state index is -0.462. The molecule has 0 radical (unpaired) electrons. The van der Waals surface area contributed by atoms with Gasteiger partial charge in [-0.15, -0.1) is 0 Å². The van der Waals surface area contributed by atoms with Crippen molar-refractivity contribution >= 4 is 12.4 Å². The lowest BCUT2D eigenvalue weighted by Crippen LogP contribution is -2.38. The van der Waals surface area contributed by atoms with Gasteiger partial charge in [0, 0.05) is 0 Å². The highest BCUT2D eigenvalue weighted by molar-refractivity contribution is 5.78. The summed E-state index contributed by atoms with van der Waals surface area (Å²) in [7, 11) is 1.35. The summed E-state index contributed by atoms with van der Waals surface area (Å²) in [5, 5.41) is 2.53. The fourth-order valence-electron chi connectivity index (χ4n) is 2.21. The van der Waals surface area contributed by atoms with Crippen molar-refractivity contribution in [3.05, 3.63) is 0 Å². The fraction of sp³-hybridized carbons (Fsp3) is 0.818. The molecule has 1 saturated carbocycles. The third-order valence-corrected chi connectivity index (χ3v) is 3.05. The lowest BCUT2D eigenvalue weighted by molar-refractivity contribution is -0.144. The zero-order chi connectivity index (χ0) is 11.1. The maximum Gasteiger partial charge on any atom is 0.328 e. The Morgan fingerprint density at radius 1 is 1.47 bits per heavy atom. The van der Waals surface area contributed by atoms with Crippen molar-refractivity contribution in [2.24, 2.45) is 5.92 Å². The van der Waals surface area contributed by atoms with E-state index in [9.17, 15) is 9.59 Å². The highest BCUT2D eigenvalue weighted by Gasteiger charge is 2.24. The number of carbonyl (C=O) groups is 2. The van der Waals surface area contributed by atoms with Crippen molar-refractivity contribution in [2.75, 3.05) is 7.11 Å². The minimum absolute atomic E-state index is 0.340. The number of nitrogens with one attached hydrogen (secondary N) is 1. The van der Waals surface area contributed by atoms with Gasteiger partial charge < -0.3 is 10.1 Å². The van der Waals surface area contributed by atoms with E-state index in [0.29, 0.717) is 18.7 Å². The molecule has 0 spiro atoms. The Bertz CT molecular complexity index is 212. The van der Waals surface area contributed by atoms with Gasteiger partial charge in [-0.25, -0.2) is 4.79 Å². The molecule has 0 heterocycles. The first-order valence-corrected chi connectivity index (χ1v) is 5.55. The second-order valence-corrected chi connectivity index (χ2v) is 4.10. The third-order valence-electron chi connectivity index (χ3n) is 3.05. The molecular weight excluding hydrogens is 194 g/mol. The zero-order valence-electron chi connectivity index (χ0n) is 9.20. The Morgan fingerprint density at radius 2 is 2.13 bits per heavy atom. The smallest absolute Gasteiger partial charge is 0.328 e. The Hall–Kier alpha value is -1.06. The van der Waals surface area contributed by atoms with E-state index in [1.165, 1.54) is 26.4 Å². The average Bonchev–Trinajstić information content (AvgIpc) is 2.29. The summed E-state index contributed by atoms with van der Waals surface area (Å²) in [6, 6.07) is -0.462. The molecule has 1 aliphatic carbocycles. The molecule has 0 aromatic heterocycles. The Kier molecular flexibility index (Phi) is 5.15. The Balaban J connectivity index is 2.41. The van der Waals surface area contributed by atoms with E-state index in [1.807, 2.05) is 0 Å². The van der Waals surface area contributed by atoms with Crippen LogP contribution in [0.1, 0.15) is 38.5 Å². The SMILES string of the molecule is COC(=O)C(CC1CCCCC1)NC=O. The molecule has 15 heavy (non-hydrogen) atoms. The van der Waals surface area contributed by atoms with E-state index in [1.54, 1.807) is 0 Å². The van der Waals surface area contributed by atoms with Gasteiger partial charge in [-0.1, -0.05) is 32.1 Å². The molecule has 1 unspecified atom stereocenters. The molecule has 1 rings (SSSR count). The number of hydrogen-bond donors (Lipinski definition) is 1. The van der Waals surface area contributed by atoms with Crippen LogP contribution in [0.25, 0.3) is 0 Å². The molecule has 0 saturated heterocycles. The molecule has 1 aliphatic rings. The van der Waals surface area contributed by atoms with Crippen molar-refractivity contribution in [3.8, 4) is 0 Å². The van der Waals surface area contributed by atoms with Crippen LogP contribution in [0, 0.1) is 5.92 Å². The first kappa shape index (κ1) is 12.0. The molecular formula is C11H19NO3. The topological polar surface area (TPSA) is 55.4 Å². The molecule has 1 fully saturated rings. The van der Waals surface area contributed by atoms with Gasteiger partial charge in [-0.3, -0.25) is 4.79 Å². The number of ether oxygens (including phenoxy) is 1. The number of carbonyl (C=O) groups excluding carboxylic acids is 2. The van der Waals surface area contributed by atoms with Crippen molar-refractivity contribution in [3.63, 3.8) is 0 Å². The van der Waals surface area contributed by atoms with Gasteiger partial charge >= 0.3 is 5.97 Å². The Labute approximate surface area is 90.4 Å². The lowest BCUT2D eigenvalue weighted by atomic mass is 9.85. The largest absolute Gasteiger partial charge is 0.467 e. The van der Waals surface area contributed by atoms with Crippen LogP contribution in [0.2, 0.25) is 0 Å². The van der Waals surface area contributed by atoms with E-state index in [0.717, 1.165) is 12.8 Å². The van der Waals surface area contributed by atoms with Crippen molar-refractivity contribution in [1.29, 1.82) is 0 Å². The maximum absolute atomic E-state index is 11.3. The summed E-state index contributed by atoms with van der Waals surface area (Å²) in [5.74, 6) is 0.211. The number of rotatable bonds is 5. The van der Waals surface area contributed by atoms with E-state index >= 15 is 0 Å². The van der Waals surface area contributed by atoms with Gasteiger partial charge in [-0.2, -0.15) is 0 Å². The zero-order valence-corrected chi connectivity index (χ0v) is 9.20. The van der Waals surface area contributed by atoms with E-state index in [-0.39, 0.29) is 5.97 Å². The second-order valence-electron chi connectivity index (χ2n) is 4.10. The van der Waals surface area contributed by atoms with Gasteiger partial charge in [-0.05, 0) is 12.3 Å². The number of methoxy groups -OCH3 is 1. The molecule has 0 bridgehead atoms. The van der Waals surface area contributed by atoms with Crippen LogP contribution in [0.5, 0.6) is 0 Å². The van der Waals surface area contributed by atoms with E-state index in [2.05, 4.69) is 10.1 Å². The van der Waals surface area contributed by atoms with Crippen LogP contribution < -0.4 is 5.32 Å². The molecule has 86 valence electrons. The molecule has 0 aromatic rings. The van der Waals surface area contributed by atoms with Gasteiger partial charge in [0.2, 0.25) is 6.41 Å². The van der Waals surface area contributed by atoms with Crippen LogP contribution in [-0.2, 0) is 14.3 Å².